The van der Waals surface area contributed by atoms with Crippen molar-refractivity contribution in [3.05, 3.63) is 24.3 Å². The maximum absolute atomic E-state index is 9.77. The number of anilines is 1. The summed E-state index contributed by atoms with van der Waals surface area (Å²) >= 11 is 1.93. The van der Waals surface area contributed by atoms with Crippen LogP contribution in [0.5, 0.6) is 5.75 Å². The summed E-state index contributed by atoms with van der Waals surface area (Å²) in [4.78, 5) is 0. The zero-order valence-corrected chi connectivity index (χ0v) is 11.8. The number of ether oxygens (including phenoxy) is 1. The van der Waals surface area contributed by atoms with Gasteiger partial charge in [-0.1, -0.05) is 6.92 Å². The van der Waals surface area contributed by atoms with Crippen molar-refractivity contribution in [1.82, 2.24) is 0 Å². The molecule has 1 aromatic rings. The van der Waals surface area contributed by atoms with E-state index in [2.05, 4.69) is 12.2 Å². The summed E-state index contributed by atoms with van der Waals surface area (Å²) in [6.07, 6.45) is 2.17. The van der Waals surface area contributed by atoms with E-state index in [1.165, 1.54) is 5.75 Å². The minimum Gasteiger partial charge on any atom is -0.497 e. The number of rotatable bonds is 4. The highest BCUT2D eigenvalue weighted by molar-refractivity contribution is 8.00. The van der Waals surface area contributed by atoms with Gasteiger partial charge in [-0.2, -0.15) is 11.8 Å². The molecule has 1 heterocycles. The summed E-state index contributed by atoms with van der Waals surface area (Å²) in [6, 6.07) is 7.88. The molecular formula is C14H21NO2S. The zero-order chi connectivity index (χ0) is 13.0. The standard InChI is InChI=1S/C14H21NO2S/c1-11-14(10-16,8-3-9-18-11)15-12-4-6-13(17-2)7-5-12/h4-7,11,15-16H,3,8-10H2,1-2H3. The van der Waals surface area contributed by atoms with Gasteiger partial charge in [0.2, 0.25) is 0 Å². The molecule has 2 atom stereocenters. The van der Waals surface area contributed by atoms with Crippen LogP contribution in [0.25, 0.3) is 0 Å². The van der Waals surface area contributed by atoms with Crippen molar-refractivity contribution in [3.63, 3.8) is 0 Å². The third-order valence-corrected chi connectivity index (χ3v) is 5.15. The van der Waals surface area contributed by atoms with Gasteiger partial charge in [-0.25, -0.2) is 0 Å². The molecule has 0 bridgehead atoms. The van der Waals surface area contributed by atoms with Crippen molar-refractivity contribution >= 4 is 17.4 Å². The third-order valence-electron chi connectivity index (χ3n) is 3.68. The summed E-state index contributed by atoms with van der Waals surface area (Å²) in [7, 11) is 1.66. The van der Waals surface area contributed by atoms with Crippen molar-refractivity contribution in [2.24, 2.45) is 0 Å². The van der Waals surface area contributed by atoms with E-state index in [1.54, 1.807) is 7.11 Å². The first-order valence-corrected chi connectivity index (χ1v) is 7.40. The van der Waals surface area contributed by atoms with E-state index < -0.39 is 0 Å². The van der Waals surface area contributed by atoms with Gasteiger partial charge in [0.15, 0.2) is 0 Å². The highest BCUT2D eigenvalue weighted by Crippen LogP contribution is 2.36. The van der Waals surface area contributed by atoms with Crippen LogP contribution in [-0.2, 0) is 0 Å². The fourth-order valence-electron chi connectivity index (χ4n) is 2.38. The Labute approximate surface area is 113 Å². The van der Waals surface area contributed by atoms with Gasteiger partial charge in [-0.3, -0.25) is 0 Å². The highest BCUT2D eigenvalue weighted by Gasteiger charge is 2.38. The Balaban J connectivity index is 2.13. The van der Waals surface area contributed by atoms with Gasteiger partial charge in [0.05, 0.1) is 19.3 Å². The zero-order valence-electron chi connectivity index (χ0n) is 11.0. The Morgan fingerprint density at radius 2 is 2.17 bits per heavy atom. The first-order valence-electron chi connectivity index (χ1n) is 6.35. The van der Waals surface area contributed by atoms with Crippen molar-refractivity contribution in [2.45, 2.75) is 30.6 Å². The summed E-state index contributed by atoms with van der Waals surface area (Å²) in [6.45, 7) is 2.36. The predicted molar refractivity (Wildman–Crippen MR) is 77.6 cm³/mol. The maximum Gasteiger partial charge on any atom is 0.119 e. The van der Waals surface area contributed by atoms with E-state index in [1.807, 2.05) is 36.0 Å². The summed E-state index contributed by atoms with van der Waals surface area (Å²) in [5.74, 6) is 2.04. The van der Waals surface area contributed by atoms with Gasteiger partial charge in [-0.15, -0.1) is 0 Å². The molecule has 2 N–H and O–H groups in total. The van der Waals surface area contributed by atoms with Crippen molar-refractivity contribution < 1.29 is 9.84 Å². The van der Waals surface area contributed by atoms with Crippen molar-refractivity contribution in [2.75, 3.05) is 24.8 Å². The Morgan fingerprint density at radius 1 is 1.44 bits per heavy atom. The normalized spacial score (nSPS) is 27.8. The fraction of sp³-hybridized carbons (Fsp3) is 0.571. The monoisotopic (exact) mass is 267 g/mol. The number of methoxy groups -OCH3 is 1. The summed E-state index contributed by atoms with van der Waals surface area (Å²) < 4.78 is 5.15. The van der Waals surface area contributed by atoms with E-state index in [-0.39, 0.29) is 12.1 Å². The fourth-order valence-corrected chi connectivity index (χ4v) is 3.62. The molecule has 1 aromatic carbocycles. The van der Waals surface area contributed by atoms with Gasteiger partial charge < -0.3 is 15.2 Å². The van der Waals surface area contributed by atoms with Crippen LogP contribution in [0, 0.1) is 0 Å². The van der Waals surface area contributed by atoms with Crippen LogP contribution in [0.1, 0.15) is 19.8 Å². The van der Waals surface area contributed by atoms with Crippen LogP contribution in [0.15, 0.2) is 24.3 Å². The minimum absolute atomic E-state index is 0.174. The number of aliphatic hydroxyl groups excluding tert-OH is 1. The van der Waals surface area contributed by atoms with E-state index in [9.17, 15) is 5.11 Å². The average molecular weight is 267 g/mol. The molecule has 4 heteroatoms. The topological polar surface area (TPSA) is 41.5 Å². The van der Waals surface area contributed by atoms with E-state index >= 15 is 0 Å². The molecule has 1 aliphatic heterocycles. The average Bonchev–Trinajstić information content (AvgIpc) is 2.42. The van der Waals surface area contributed by atoms with E-state index in [4.69, 9.17) is 4.74 Å². The second kappa shape index (κ2) is 5.85. The van der Waals surface area contributed by atoms with E-state index in [0.717, 1.165) is 24.3 Å². The Bertz CT molecular complexity index is 382. The Kier molecular flexibility index (Phi) is 4.40. The Morgan fingerprint density at radius 3 is 2.72 bits per heavy atom. The number of thioether (sulfide) groups is 1. The van der Waals surface area contributed by atoms with Crippen molar-refractivity contribution in [3.8, 4) is 5.75 Å². The van der Waals surface area contributed by atoms with Gasteiger partial charge in [0.25, 0.3) is 0 Å². The SMILES string of the molecule is COc1ccc(NC2(CO)CCCSC2C)cc1. The molecule has 0 aliphatic carbocycles. The second-order valence-electron chi connectivity index (χ2n) is 4.78. The molecule has 1 aliphatic rings. The van der Waals surface area contributed by atoms with Crippen LogP contribution >= 0.6 is 11.8 Å². The molecule has 0 saturated carbocycles. The largest absolute Gasteiger partial charge is 0.497 e. The number of benzene rings is 1. The molecule has 100 valence electrons. The van der Waals surface area contributed by atoms with Gasteiger partial charge in [0, 0.05) is 10.9 Å². The Hall–Kier alpha value is -0.870. The molecule has 2 rings (SSSR count). The molecule has 2 unspecified atom stereocenters. The number of aliphatic hydroxyl groups is 1. The molecule has 1 fully saturated rings. The lowest BCUT2D eigenvalue weighted by molar-refractivity contribution is 0.198. The van der Waals surface area contributed by atoms with Gasteiger partial charge in [-0.05, 0) is 42.9 Å². The van der Waals surface area contributed by atoms with Crippen LogP contribution in [-0.4, -0.2) is 35.4 Å². The van der Waals surface area contributed by atoms with Crippen LogP contribution in [0.3, 0.4) is 0 Å². The first kappa shape index (κ1) is 13.6. The van der Waals surface area contributed by atoms with Crippen LogP contribution in [0.2, 0.25) is 0 Å². The molecule has 3 nitrogen and oxygen atoms in total. The smallest absolute Gasteiger partial charge is 0.119 e. The number of nitrogens with one attached hydrogen (secondary N) is 1. The molecule has 0 spiro atoms. The van der Waals surface area contributed by atoms with Gasteiger partial charge >= 0.3 is 0 Å². The number of hydrogen-bond donors (Lipinski definition) is 2. The highest BCUT2D eigenvalue weighted by atomic mass is 32.2. The molecule has 0 aromatic heterocycles. The lowest BCUT2D eigenvalue weighted by atomic mass is 9.90. The maximum atomic E-state index is 9.77. The van der Waals surface area contributed by atoms with Crippen LogP contribution in [0.4, 0.5) is 5.69 Å². The number of hydrogen-bond acceptors (Lipinski definition) is 4. The van der Waals surface area contributed by atoms with Crippen LogP contribution < -0.4 is 10.1 Å². The second-order valence-corrected chi connectivity index (χ2v) is 6.23. The molecule has 0 amide bonds. The molecule has 18 heavy (non-hydrogen) atoms. The predicted octanol–water partition coefficient (Wildman–Crippen LogP) is 2.75. The first-order chi connectivity index (χ1) is 8.70. The van der Waals surface area contributed by atoms with Crippen molar-refractivity contribution in [1.29, 1.82) is 0 Å². The summed E-state index contributed by atoms with van der Waals surface area (Å²) in [5, 5.41) is 13.7. The van der Waals surface area contributed by atoms with E-state index in [0.29, 0.717) is 5.25 Å². The summed E-state index contributed by atoms with van der Waals surface area (Å²) in [5.41, 5.74) is 0.844. The lowest BCUT2D eigenvalue weighted by Crippen LogP contribution is -2.51. The lowest BCUT2D eigenvalue weighted by Gasteiger charge is -2.42. The quantitative estimate of drug-likeness (QED) is 0.880. The molecule has 0 radical (unpaired) electrons. The third kappa shape index (κ3) is 2.75. The van der Waals surface area contributed by atoms with Gasteiger partial charge in [0.1, 0.15) is 5.75 Å². The minimum atomic E-state index is -0.197. The molecular weight excluding hydrogens is 246 g/mol. The molecule has 1 saturated heterocycles.